The minimum atomic E-state index is -4.88. The molecule has 0 bridgehead atoms. The second kappa shape index (κ2) is 14.3. The highest BCUT2D eigenvalue weighted by Gasteiger charge is 2.35. The quantitative estimate of drug-likeness (QED) is 0.276. The second-order valence-electron chi connectivity index (χ2n) is 9.97. The maximum absolute atomic E-state index is 13.0. The number of halogens is 6. The number of aliphatic hydroxyl groups is 1. The summed E-state index contributed by atoms with van der Waals surface area (Å²) in [5.74, 6) is -1.12. The Kier molecular flexibility index (Phi) is 11.4. The second-order valence-corrected chi connectivity index (χ2v) is 9.97. The summed E-state index contributed by atoms with van der Waals surface area (Å²) in [6.07, 6.45) is -1.75. The first kappa shape index (κ1) is 31.9. The van der Waals surface area contributed by atoms with Gasteiger partial charge in [-0.3, -0.25) is 4.79 Å². The fraction of sp³-hybridized carbons (Fsp3) is 0.680. The van der Waals surface area contributed by atoms with Crippen LogP contribution in [0.15, 0.2) is 12.3 Å². The smallest absolute Gasteiger partial charge is 0.393 e. The molecule has 2 fully saturated rings. The molecular formula is C25H35F6N7O2. The van der Waals surface area contributed by atoms with Crippen LogP contribution in [0.3, 0.4) is 0 Å². The van der Waals surface area contributed by atoms with Gasteiger partial charge < -0.3 is 26.0 Å². The highest BCUT2D eigenvalue weighted by molar-refractivity contribution is 5.82. The largest absolute Gasteiger partial charge is 0.418 e. The molecule has 1 saturated carbocycles. The molecule has 1 aliphatic carbocycles. The van der Waals surface area contributed by atoms with E-state index in [-0.39, 0.29) is 17.9 Å². The monoisotopic (exact) mass is 579 g/mol. The molecule has 2 aromatic heterocycles. The lowest BCUT2D eigenvalue weighted by Crippen LogP contribution is -2.45. The summed E-state index contributed by atoms with van der Waals surface area (Å²) >= 11 is 0. The third-order valence-corrected chi connectivity index (χ3v) is 7.00. The molecule has 3 heterocycles. The Morgan fingerprint density at radius 3 is 2.27 bits per heavy atom. The summed E-state index contributed by atoms with van der Waals surface area (Å²) < 4.78 is 75.3. The third kappa shape index (κ3) is 10.1. The van der Waals surface area contributed by atoms with Crippen molar-refractivity contribution in [3.05, 3.63) is 23.7 Å². The van der Waals surface area contributed by atoms with Crippen molar-refractivity contribution in [2.45, 2.75) is 69.1 Å². The van der Waals surface area contributed by atoms with E-state index in [9.17, 15) is 36.2 Å². The Labute approximate surface area is 228 Å². The number of carbonyl (C=O) groups excluding carboxylic acids is 1. The van der Waals surface area contributed by atoms with Gasteiger partial charge in [0.2, 0.25) is 0 Å². The molecule has 4 rings (SSSR count). The molecule has 0 unspecified atom stereocenters. The van der Waals surface area contributed by atoms with Gasteiger partial charge in [-0.15, -0.1) is 0 Å². The summed E-state index contributed by atoms with van der Waals surface area (Å²) in [5, 5.41) is 18.2. The van der Waals surface area contributed by atoms with E-state index in [1.54, 1.807) is 5.32 Å². The number of likely N-dealkylation sites (tertiary alicyclic amines) is 1. The zero-order valence-electron chi connectivity index (χ0n) is 22.2. The Balaban J connectivity index is 0.000000225. The van der Waals surface area contributed by atoms with Crippen LogP contribution in [0.25, 0.3) is 11.0 Å². The maximum atomic E-state index is 13.0. The molecule has 4 N–H and O–H groups in total. The Morgan fingerprint density at radius 2 is 1.70 bits per heavy atom. The lowest BCUT2D eigenvalue weighted by molar-refractivity contribution is -0.136. The van der Waals surface area contributed by atoms with Gasteiger partial charge in [0.1, 0.15) is 23.4 Å². The predicted molar refractivity (Wildman–Crippen MR) is 137 cm³/mol. The van der Waals surface area contributed by atoms with Crippen LogP contribution < -0.4 is 16.0 Å². The molecule has 0 aromatic carbocycles. The van der Waals surface area contributed by atoms with Crippen LogP contribution in [0.1, 0.15) is 54.7 Å². The molecule has 1 saturated heterocycles. The third-order valence-electron chi connectivity index (χ3n) is 7.00. The summed E-state index contributed by atoms with van der Waals surface area (Å²) in [6.45, 7) is 3.20. The summed E-state index contributed by atoms with van der Waals surface area (Å²) in [7, 11) is 2.07. The molecule has 224 valence electrons. The molecule has 2 aliphatic rings. The van der Waals surface area contributed by atoms with Crippen molar-refractivity contribution in [2.24, 2.45) is 0 Å². The Bertz CT molecular complexity index is 1090. The number of alkyl halides is 6. The van der Waals surface area contributed by atoms with Crippen molar-refractivity contribution in [1.29, 1.82) is 0 Å². The normalized spacial score (nSPS) is 21.1. The number of aliphatic hydroxyl groups excluding tert-OH is 1. The maximum Gasteiger partial charge on any atom is 0.418 e. The van der Waals surface area contributed by atoms with Crippen LogP contribution in [0.2, 0.25) is 0 Å². The van der Waals surface area contributed by atoms with E-state index >= 15 is 0 Å². The van der Waals surface area contributed by atoms with E-state index in [1.807, 2.05) is 0 Å². The number of nitrogens with zero attached hydrogens (tertiary/aromatic N) is 4. The summed E-state index contributed by atoms with van der Waals surface area (Å²) in [5.41, 5.74) is -2.36. The van der Waals surface area contributed by atoms with Crippen molar-refractivity contribution in [3.8, 4) is 0 Å². The first-order chi connectivity index (χ1) is 18.9. The highest BCUT2D eigenvalue weighted by atomic mass is 19.4. The number of piperidine rings is 1. The van der Waals surface area contributed by atoms with E-state index in [0.29, 0.717) is 12.1 Å². The van der Waals surface area contributed by atoms with E-state index in [1.165, 1.54) is 32.5 Å². The van der Waals surface area contributed by atoms with Crippen molar-refractivity contribution < 1.29 is 36.2 Å². The first-order valence-electron chi connectivity index (χ1n) is 13.2. The van der Waals surface area contributed by atoms with Crippen LogP contribution in [0, 0.1) is 0 Å². The number of nitrogens with one attached hydrogen (secondary N) is 3. The number of rotatable bonds is 8. The molecule has 0 atom stereocenters. The van der Waals surface area contributed by atoms with Crippen LogP contribution >= 0.6 is 0 Å². The van der Waals surface area contributed by atoms with E-state index in [4.69, 9.17) is 0 Å². The number of hydrogen-bond acceptors (Lipinski definition) is 9. The van der Waals surface area contributed by atoms with Gasteiger partial charge in [-0.05, 0) is 64.7 Å². The lowest BCUT2D eigenvalue weighted by atomic mass is 9.93. The van der Waals surface area contributed by atoms with Gasteiger partial charge in [-0.1, -0.05) is 0 Å². The molecule has 2 aromatic rings. The zero-order valence-corrected chi connectivity index (χ0v) is 22.2. The first-order valence-corrected chi connectivity index (χ1v) is 13.2. The van der Waals surface area contributed by atoms with Crippen LogP contribution in [0.4, 0.5) is 32.2 Å². The Hall–Kier alpha value is -2.62. The Morgan fingerprint density at radius 1 is 1.02 bits per heavy atom. The van der Waals surface area contributed by atoms with Crippen molar-refractivity contribution >= 4 is 23.1 Å². The average molecular weight is 580 g/mol. The van der Waals surface area contributed by atoms with Gasteiger partial charge in [0.15, 0.2) is 12.1 Å². The number of fused-ring (bicyclic) bond motifs is 1. The summed E-state index contributed by atoms with van der Waals surface area (Å²) in [4.78, 5) is 23.5. The molecule has 40 heavy (non-hydrogen) atoms. The minimum Gasteiger partial charge on any atom is -0.393 e. The van der Waals surface area contributed by atoms with Gasteiger partial charge in [0.05, 0.1) is 17.9 Å². The number of aromatic nitrogens is 3. The van der Waals surface area contributed by atoms with E-state index < -0.39 is 41.6 Å². The minimum absolute atomic E-state index is 0.0383. The standard InChI is InChI=1S/C14H29N3O.C11H6F6N4O/c1-15-12-6-9-17(10-7-12)11-8-16-13-2-4-14(18)5-3-13;12-10(13,14)4-19-7-1-5(11(15,16)17)9-6(20-7)2-18-8(3-22)21-9/h12-16,18H,2-11H2,1H3;1-3H,4H2,(H,19,20). The fourth-order valence-corrected chi connectivity index (χ4v) is 4.74. The topological polar surface area (TPSA) is 115 Å². The molecule has 0 radical (unpaired) electrons. The van der Waals surface area contributed by atoms with Gasteiger partial charge in [0, 0.05) is 25.2 Å². The number of carbonyl (C=O) groups is 1. The van der Waals surface area contributed by atoms with Crippen LogP contribution in [-0.2, 0) is 6.18 Å². The number of anilines is 1. The van der Waals surface area contributed by atoms with Crippen molar-refractivity contribution in [1.82, 2.24) is 30.5 Å². The van der Waals surface area contributed by atoms with E-state index in [0.717, 1.165) is 44.5 Å². The molecule has 0 spiro atoms. The SMILES string of the molecule is CNC1CCN(CCNC2CCC(O)CC2)CC1.O=Cc1ncc2nc(NCC(F)(F)F)cc(C(F)(F)F)c2n1. The lowest BCUT2D eigenvalue weighted by Gasteiger charge is -2.32. The van der Waals surface area contributed by atoms with Crippen LogP contribution in [0.5, 0.6) is 0 Å². The molecule has 1 aliphatic heterocycles. The number of aldehydes is 1. The van der Waals surface area contributed by atoms with Gasteiger partial charge in [0.25, 0.3) is 0 Å². The summed E-state index contributed by atoms with van der Waals surface area (Å²) in [6, 6.07) is 1.77. The molecular weight excluding hydrogens is 544 g/mol. The average Bonchev–Trinajstić information content (AvgIpc) is 2.92. The van der Waals surface area contributed by atoms with E-state index in [2.05, 4.69) is 37.5 Å². The van der Waals surface area contributed by atoms with Crippen molar-refractivity contribution in [2.75, 3.05) is 45.1 Å². The predicted octanol–water partition coefficient (Wildman–Crippen LogP) is 3.39. The van der Waals surface area contributed by atoms with Gasteiger partial charge in [-0.25, -0.2) is 15.0 Å². The molecule has 9 nitrogen and oxygen atoms in total. The highest BCUT2D eigenvalue weighted by Crippen LogP contribution is 2.35. The van der Waals surface area contributed by atoms with Crippen molar-refractivity contribution in [3.63, 3.8) is 0 Å². The number of pyridine rings is 1. The molecule has 15 heteroatoms. The van der Waals surface area contributed by atoms with Gasteiger partial charge >= 0.3 is 12.4 Å². The number of hydrogen-bond donors (Lipinski definition) is 4. The van der Waals surface area contributed by atoms with Gasteiger partial charge in [-0.2, -0.15) is 26.3 Å². The van der Waals surface area contributed by atoms with Crippen LogP contribution in [-0.4, -0.2) is 95.4 Å². The fourth-order valence-electron chi connectivity index (χ4n) is 4.74. The molecule has 0 amide bonds. The zero-order chi connectivity index (χ0) is 29.3.